The summed E-state index contributed by atoms with van der Waals surface area (Å²) in [4.78, 5) is 10.7. The van der Waals surface area contributed by atoms with Crippen LogP contribution in [0.3, 0.4) is 0 Å². The van der Waals surface area contributed by atoms with Gasteiger partial charge in [0.15, 0.2) is 5.76 Å². The molecule has 22 heavy (non-hydrogen) atoms. The lowest BCUT2D eigenvalue weighted by Gasteiger charge is -2.52. The molecule has 1 aromatic carbocycles. The van der Waals surface area contributed by atoms with Crippen LogP contribution in [0.1, 0.15) is 18.6 Å². The van der Waals surface area contributed by atoms with E-state index in [2.05, 4.69) is 34.1 Å². The third-order valence-corrected chi connectivity index (χ3v) is 5.50. The van der Waals surface area contributed by atoms with Gasteiger partial charge in [-0.1, -0.05) is 23.4 Å². The second-order valence-electron chi connectivity index (χ2n) is 6.61. The van der Waals surface area contributed by atoms with Gasteiger partial charge in [0.05, 0.1) is 6.54 Å². The van der Waals surface area contributed by atoms with E-state index in [4.69, 9.17) is 9.25 Å². The fourth-order valence-electron chi connectivity index (χ4n) is 4.20. The van der Waals surface area contributed by atoms with Crippen molar-refractivity contribution in [2.75, 3.05) is 26.7 Å². The highest BCUT2D eigenvalue weighted by molar-refractivity contribution is 6.00. The Morgan fingerprint density at radius 1 is 1.23 bits per heavy atom. The summed E-state index contributed by atoms with van der Waals surface area (Å²) < 4.78 is 5.97. The van der Waals surface area contributed by atoms with E-state index in [0.717, 1.165) is 29.1 Å². The summed E-state index contributed by atoms with van der Waals surface area (Å²) in [6.07, 6.45) is 2.38. The van der Waals surface area contributed by atoms with Crippen molar-refractivity contribution in [3.63, 3.8) is 0 Å². The minimum atomic E-state index is -0.301. The summed E-state index contributed by atoms with van der Waals surface area (Å²) in [5.41, 5.74) is 0.591. The van der Waals surface area contributed by atoms with Crippen molar-refractivity contribution in [2.45, 2.75) is 18.6 Å². The van der Waals surface area contributed by atoms with Gasteiger partial charge >= 0.3 is 0 Å². The summed E-state index contributed by atoms with van der Waals surface area (Å²) in [6, 6.07) is 10.1. The minimum Gasteiger partial charge on any atom is -0.453 e. The molecule has 0 aliphatic carbocycles. The zero-order valence-electron chi connectivity index (χ0n) is 12.7. The highest BCUT2D eigenvalue weighted by atomic mass is 16.7. The van der Waals surface area contributed by atoms with Gasteiger partial charge in [-0.15, -0.1) is 0 Å². The molecule has 1 atom stereocenters. The van der Waals surface area contributed by atoms with Crippen LogP contribution in [0.25, 0.3) is 11.0 Å². The van der Waals surface area contributed by atoms with Crippen molar-refractivity contribution in [3.8, 4) is 0 Å². The van der Waals surface area contributed by atoms with Crippen molar-refractivity contribution in [2.24, 2.45) is 11.1 Å². The molecule has 3 fully saturated rings. The molecule has 0 saturated carbocycles. The molecule has 0 radical (unpaired) electrons. The summed E-state index contributed by atoms with van der Waals surface area (Å²) in [5, 5.41) is 5.50. The number of para-hydroxylation sites is 1. The molecule has 114 valence electrons. The Kier molecular flexibility index (Phi) is 2.42. The molecule has 5 nitrogen and oxygen atoms in total. The van der Waals surface area contributed by atoms with Crippen LogP contribution >= 0.6 is 0 Å². The highest BCUT2D eigenvalue weighted by Gasteiger charge is 2.56. The Bertz CT molecular complexity index is 727. The van der Waals surface area contributed by atoms with E-state index < -0.39 is 0 Å². The molecule has 4 aliphatic rings. The SMILES string of the molecule is CN1C(c2cc3ccccc3o2)=NO[C@]12CN1CCC2CC1. The number of rotatable bonds is 1. The summed E-state index contributed by atoms with van der Waals surface area (Å²) in [7, 11) is 2.08. The van der Waals surface area contributed by atoms with Crippen molar-refractivity contribution >= 4 is 16.8 Å². The van der Waals surface area contributed by atoms with Crippen molar-refractivity contribution in [1.82, 2.24) is 9.80 Å². The van der Waals surface area contributed by atoms with E-state index in [0.29, 0.717) is 5.92 Å². The van der Waals surface area contributed by atoms with Gasteiger partial charge in [-0.25, -0.2) is 0 Å². The maximum absolute atomic E-state index is 6.00. The monoisotopic (exact) mass is 297 g/mol. The molecule has 2 bridgehead atoms. The molecule has 0 N–H and O–H groups in total. The molecule has 1 aromatic heterocycles. The number of likely N-dealkylation sites (N-methyl/N-ethyl adjacent to an activating group) is 1. The maximum atomic E-state index is 6.00. The normalized spacial score (nSPS) is 33.5. The minimum absolute atomic E-state index is 0.301. The Balaban J connectivity index is 1.52. The van der Waals surface area contributed by atoms with Gasteiger partial charge in [0.25, 0.3) is 0 Å². The van der Waals surface area contributed by atoms with Gasteiger partial charge in [-0.2, -0.15) is 0 Å². The van der Waals surface area contributed by atoms with Gasteiger partial charge < -0.3 is 14.2 Å². The Labute approximate surface area is 129 Å². The van der Waals surface area contributed by atoms with Crippen LogP contribution in [-0.2, 0) is 4.84 Å². The van der Waals surface area contributed by atoms with Crippen molar-refractivity contribution in [3.05, 3.63) is 36.1 Å². The zero-order valence-corrected chi connectivity index (χ0v) is 12.7. The van der Waals surface area contributed by atoms with Crippen molar-refractivity contribution in [1.29, 1.82) is 0 Å². The van der Waals surface area contributed by atoms with E-state index >= 15 is 0 Å². The number of nitrogens with zero attached hydrogens (tertiary/aromatic N) is 3. The molecule has 2 aromatic rings. The maximum Gasteiger partial charge on any atom is 0.226 e. The molecule has 6 rings (SSSR count). The highest BCUT2D eigenvalue weighted by Crippen LogP contribution is 2.43. The van der Waals surface area contributed by atoms with Crippen LogP contribution in [0.15, 0.2) is 39.9 Å². The first kappa shape index (κ1) is 12.5. The summed E-state index contributed by atoms with van der Waals surface area (Å²) in [6.45, 7) is 3.30. The van der Waals surface area contributed by atoms with Crippen LogP contribution in [0, 0.1) is 5.92 Å². The predicted molar refractivity (Wildman–Crippen MR) is 83.5 cm³/mol. The van der Waals surface area contributed by atoms with Crippen LogP contribution < -0.4 is 0 Å². The van der Waals surface area contributed by atoms with Gasteiger partial charge in [0, 0.05) is 18.4 Å². The average molecular weight is 297 g/mol. The fourth-order valence-corrected chi connectivity index (χ4v) is 4.20. The van der Waals surface area contributed by atoms with E-state index in [-0.39, 0.29) is 5.72 Å². The lowest BCUT2D eigenvalue weighted by atomic mass is 9.80. The average Bonchev–Trinajstić information content (AvgIpc) is 3.11. The molecule has 3 saturated heterocycles. The number of hydrogen-bond acceptors (Lipinski definition) is 5. The molecule has 0 amide bonds. The van der Waals surface area contributed by atoms with Gasteiger partial charge in [-0.05, 0) is 38.1 Å². The summed E-state index contributed by atoms with van der Waals surface area (Å²) in [5.74, 6) is 2.15. The van der Waals surface area contributed by atoms with Crippen LogP contribution in [0.2, 0.25) is 0 Å². The third kappa shape index (κ3) is 1.54. The smallest absolute Gasteiger partial charge is 0.226 e. The number of oxime groups is 1. The molecule has 5 heterocycles. The first-order valence-electron chi connectivity index (χ1n) is 7.98. The number of hydrogen-bond donors (Lipinski definition) is 0. The van der Waals surface area contributed by atoms with E-state index in [1.165, 1.54) is 25.9 Å². The van der Waals surface area contributed by atoms with Crippen LogP contribution in [-0.4, -0.2) is 48.0 Å². The summed E-state index contributed by atoms with van der Waals surface area (Å²) >= 11 is 0. The zero-order chi connectivity index (χ0) is 14.7. The van der Waals surface area contributed by atoms with Gasteiger partial charge in [0.2, 0.25) is 11.6 Å². The topological polar surface area (TPSA) is 41.2 Å². The third-order valence-electron chi connectivity index (χ3n) is 5.50. The molecule has 4 aliphatic heterocycles. The Hall–Kier alpha value is -2.01. The van der Waals surface area contributed by atoms with E-state index in [1.807, 2.05) is 18.2 Å². The van der Waals surface area contributed by atoms with E-state index in [1.54, 1.807) is 0 Å². The molecule has 0 unspecified atom stereocenters. The Morgan fingerprint density at radius 2 is 2.05 bits per heavy atom. The van der Waals surface area contributed by atoms with Crippen molar-refractivity contribution < 1.29 is 9.25 Å². The molecular weight excluding hydrogens is 278 g/mol. The quantitative estimate of drug-likeness (QED) is 0.811. The standard InChI is InChI=1S/C17H19N3O2/c1-19-16(15-10-12-4-2-3-5-14(12)21-15)18-22-17(19)11-20-8-6-13(17)7-9-20/h2-5,10,13H,6-9,11H2,1H3/t17-/m0/s1. The predicted octanol–water partition coefficient (Wildman–Crippen LogP) is 2.48. The molecule has 5 heteroatoms. The lowest BCUT2D eigenvalue weighted by Crippen LogP contribution is -2.65. The number of fused-ring (bicyclic) bond motifs is 3. The van der Waals surface area contributed by atoms with Gasteiger partial charge in [-0.3, -0.25) is 4.90 Å². The first-order chi connectivity index (χ1) is 10.8. The lowest BCUT2D eigenvalue weighted by molar-refractivity contribution is -0.190. The van der Waals surface area contributed by atoms with Gasteiger partial charge in [0.1, 0.15) is 5.58 Å². The largest absolute Gasteiger partial charge is 0.453 e. The second-order valence-corrected chi connectivity index (χ2v) is 6.61. The second kappa shape index (κ2) is 4.26. The number of piperidine rings is 3. The number of benzene rings is 1. The molecular formula is C17H19N3O2. The fraction of sp³-hybridized carbons (Fsp3) is 0.471. The molecule has 1 spiro atoms. The number of furan rings is 1. The van der Waals surface area contributed by atoms with Crippen LogP contribution in [0.5, 0.6) is 0 Å². The Morgan fingerprint density at radius 3 is 2.77 bits per heavy atom. The first-order valence-corrected chi connectivity index (χ1v) is 7.98. The van der Waals surface area contributed by atoms with Crippen LogP contribution in [0.4, 0.5) is 0 Å². The van der Waals surface area contributed by atoms with E-state index in [9.17, 15) is 0 Å². The number of amidine groups is 1.